The van der Waals surface area contributed by atoms with Gasteiger partial charge in [-0.2, -0.15) is 0 Å². The number of hydrogen-bond acceptors (Lipinski definition) is 1. The molecule has 0 saturated carbocycles. The molecule has 1 nitrogen and oxygen atoms in total. The van der Waals surface area contributed by atoms with Gasteiger partial charge in [0, 0.05) is 15.6 Å². The molecule has 0 aliphatic carbocycles. The molecule has 0 amide bonds. The summed E-state index contributed by atoms with van der Waals surface area (Å²) in [6.07, 6.45) is 2.73. The molecule has 20 heavy (non-hydrogen) atoms. The maximum atomic E-state index is 13.0. The molecule has 0 unspecified atom stereocenters. The molecule has 0 spiro atoms. The Balaban J connectivity index is 2.22. The van der Waals surface area contributed by atoms with E-state index >= 15 is 0 Å². The van der Waals surface area contributed by atoms with Crippen LogP contribution in [0, 0.1) is 11.6 Å². The smallest absolute Gasteiger partial charge is 0.185 e. The molecule has 0 radical (unpaired) electrons. The molecule has 0 aliphatic heterocycles. The van der Waals surface area contributed by atoms with Crippen molar-refractivity contribution in [2.24, 2.45) is 0 Å². The Kier molecular flexibility index (Phi) is 4.53. The lowest BCUT2D eigenvalue weighted by Gasteiger charge is -1.99. The van der Waals surface area contributed by atoms with E-state index in [2.05, 4.69) is 0 Å². The van der Waals surface area contributed by atoms with Crippen molar-refractivity contribution in [1.29, 1.82) is 0 Å². The maximum Gasteiger partial charge on any atom is 0.185 e. The number of carbonyl (C=O) groups is 1. The fourth-order valence-corrected chi connectivity index (χ4v) is 2.02. The quantitative estimate of drug-likeness (QED) is 0.564. The zero-order valence-corrected chi connectivity index (χ0v) is 11.6. The highest BCUT2D eigenvalue weighted by Crippen LogP contribution is 2.22. The summed E-state index contributed by atoms with van der Waals surface area (Å²) in [4.78, 5) is 11.8. The van der Waals surface area contributed by atoms with E-state index in [1.807, 2.05) is 0 Å². The number of allylic oxidation sites excluding steroid dienone is 1. The Labute approximate surface area is 124 Å². The molecule has 0 heterocycles. The van der Waals surface area contributed by atoms with Gasteiger partial charge in [0.1, 0.15) is 0 Å². The zero-order chi connectivity index (χ0) is 14.7. The Hall–Kier alpha value is -1.71. The Morgan fingerprint density at radius 2 is 1.75 bits per heavy atom. The molecular formula is C15H8Cl2F2O. The second-order valence-corrected chi connectivity index (χ2v) is 4.84. The molecular weight excluding hydrogens is 305 g/mol. The highest BCUT2D eigenvalue weighted by atomic mass is 35.5. The predicted molar refractivity (Wildman–Crippen MR) is 76.2 cm³/mol. The second-order valence-electron chi connectivity index (χ2n) is 3.99. The topological polar surface area (TPSA) is 17.1 Å². The molecule has 0 atom stereocenters. The molecule has 0 aliphatic rings. The SMILES string of the molecule is O=C(/C=C/c1ccc(Cl)cc1Cl)c1ccc(F)c(F)c1. The van der Waals surface area contributed by atoms with Crippen LogP contribution in [0.4, 0.5) is 8.78 Å². The van der Waals surface area contributed by atoms with E-state index in [4.69, 9.17) is 23.2 Å². The second kappa shape index (κ2) is 6.16. The third kappa shape index (κ3) is 3.44. The van der Waals surface area contributed by atoms with Crippen LogP contribution in [0.5, 0.6) is 0 Å². The van der Waals surface area contributed by atoms with E-state index in [1.54, 1.807) is 18.2 Å². The van der Waals surface area contributed by atoms with Gasteiger partial charge in [0.15, 0.2) is 17.4 Å². The number of carbonyl (C=O) groups excluding carboxylic acids is 1. The van der Waals surface area contributed by atoms with E-state index in [-0.39, 0.29) is 5.56 Å². The summed E-state index contributed by atoms with van der Waals surface area (Å²) in [5, 5.41) is 0.880. The number of ketones is 1. The standard InChI is InChI=1S/C15H8Cl2F2O/c16-11-4-1-9(12(17)8-11)3-6-15(20)10-2-5-13(18)14(19)7-10/h1-8H/b6-3+. The Morgan fingerprint density at radius 3 is 2.40 bits per heavy atom. The predicted octanol–water partition coefficient (Wildman–Crippen LogP) is 5.17. The average Bonchev–Trinajstić information content (AvgIpc) is 2.40. The van der Waals surface area contributed by atoms with Gasteiger partial charge in [-0.05, 0) is 48.0 Å². The minimum Gasteiger partial charge on any atom is -0.289 e. The molecule has 0 bridgehead atoms. The van der Waals surface area contributed by atoms with Crippen LogP contribution in [0.2, 0.25) is 10.0 Å². The summed E-state index contributed by atoms with van der Waals surface area (Å²) in [5.41, 5.74) is 0.664. The summed E-state index contributed by atoms with van der Waals surface area (Å²) in [6, 6.07) is 7.81. The van der Waals surface area contributed by atoms with Crippen molar-refractivity contribution in [3.63, 3.8) is 0 Å². The van der Waals surface area contributed by atoms with Crippen LogP contribution in [0.1, 0.15) is 15.9 Å². The lowest BCUT2D eigenvalue weighted by molar-refractivity contribution is 0.104. The fraction of sp³-hybridized carbons (Fsp3) is 0. The first-order valence-electron chi connectivity index (χ1n) is 5.60. The van der Waals surface area contributed by atoms with Crippen molar-refractivity contribution >= 4 is 35.1 Å². The van der Waals surface area contributed by atoms with Crippen LogP contribution in [-0.4, -0.2) is 5.78 Å². The van der Waals surface area contributed by atoms with Crippen LogP contribution in [0.3, 0.4) is 0 Å². The first kappa shape index (κ1) is 14.7. The van der Waals surface area contributed by atoms with Gasteiger partial charge in [-0.3, -0.25) is 4.79 Å². The number of rotatable bonds is 3. The summed E-state index contributed by atoms with van der Waals surface area (Å²) in [5.74, 6) is -2.50. The van der Waals surface area contributed by atoms with Crippen LogP contribution >= 0.6 is 23.2 Å². The van der Waals surface area contributed by atoms with Crippen LogP contribution in [0.25, 0.3) is 6.08 Å². The summed E-state index contributed by atoms with van der Waals surface area (Å²) in [6.45, 7) is 0. The van der Waals surface area contributed by atoms with Gasteiger partial charge >= 0.3 is 0 Å². The van der Waals surface area contributed by atoms with Gasteiger partial charge in [-0.25, -0.2) is 8.78 Å². The maximum absolute atomic E-state index is 13.0. The van der Waals surface area contributed by atoms with Crippen molar-refractivity contribution in [1.82, 2.24) is 0 Å². The lowest BCUT2D eigenvalue weighted by atomic mass is 10.1. The van der Waals surface area contributed by atoms with E-state index in [0.29, 0.717) is 15.6 Å². The summed E-state index contributed by atoms with van der Waals surface area (Å²) >= 11 is 11.7. The minimum atomic E-state index is -1.06. The molecule has 0 N–H and O–H groups in total. The zero-order valence-electron chi connectivity index (χ0n) is 10.0. The highest BCUT2D eigenvalue weighted by Gasteiger charge is 2.07. The normalized spacial score (nSPS) is 11.0. The molecule has 5 heteroatoms. The molecule has 102 valence electrons. The first-order chi connectivity index (χ1) is 9.47. The van der Waals surface area contributed by atoms with Gasteiger partial charge in [0.05, 0.1) is 0 Å². The number of halogens is 4. The van der Waals surface area contributed by atoms with Crippen LogP contribution < -0.4 is 0 Å². The van der Waals surface area contributed by atoms with Crippen LogP contribution in [0.15, 0.2) is 42.5 Å². The van der Waals surface area contributed by atoms with E-state index < -0.39 is 17.4 Å². The fourth-order valence-electron chi connectivity index (χ4n) is 1.55. The third-order valence-corrected chi connectivity index (χ3v) is 3.14. The van der Waals surface area contributed by atoms with Crippen molar-refractivity contribution in [3.05, 3.63) is 75.3 Å². The molecule has 2 aromatic carbocycles. The molecule has 0 fully saturated rings. The van der Waals surface area contributed by atoms with E-state index in [0.717, 1.165) is 12.1 Å². The van der Waals surface area contributed by atoms with Crippen molar-refractivity contribution in [3.8, 4) is 0 Å². The highest BCUT2D eigenvalue weighted by molar-refractivity contribution is 6.35. The minimum absolute atomic E-state index is 0.0604. The number of hydrogen-bond donors (Lipinski definition) is 0. The molecule has 0 saturated heterocycles. The van der Waals surface area contributed by atoms with Gasteiger partial charge < -0.3 is 0 Å². The van der Waals surface area contributed by atoms with Gasteiger partial charge in [0.2, 0.25) is 0 Å². The number of benzene rings is 2. The molecule has 2 rings (SSSR count). The van der Waals surface area contributed by atoms with Gasteiger partial charge in [0.25, 0.3) is 0 Å². The monoisotopic (exact) mass is 312 g/mol. The Bertz CT molecular complexity index is 696. The van der Waals surface area contributed by atoms with E-state index in [1.165, 1.54) is 18.2 Å². The van der Waals surface area contributed by atoms with Crippen molar-refractivity contribution in [2.75, 3.05) is 0 Å². The lowest BCUT2D eigenvalue weighted by Crippen LogP contribution is -1.96. The van der Waals surface area contributed by atoms with Gasteiger partial charge in [-0.1, -0.05) is 29.3 Å². The largest absolute Gasteiger partial charge is 0.289 e. The third-order valence-electron chi connectivity index (χ3n) is 2.58. The first-order valence-corrected chi connectivity index (χ1v) is 6.35. The average molecular weight is 313 g/mol. The summed E-state index contributed by atoms with van der Waals surface area (Å²) in [7, 11) is 0. The molecule has 2 aromatic rings. The Morgan fingerprint density at radius 1 is 1.00 bits per heavy atom. The van der Waals surface area contributed by atoms with Crippen LogP contribution in [-0.2, 0) is 0 Å². The van der Waals surface area contributed by atoms with E-state index in [9.17, 15) is 13.6 Å². The molecule has 0 aromatic heterocycles. The van der Waals surface area contributed by atoms with Gasteiger partial charge in [-0.15, -0.1) is 0 Å². The van der Waals surface area contributed by atoms with Crippen molar-refractivity contribution < 1.29 is 13.6 Å². The van der Waals surface area contributed by atoms with Crippen molar-refractivity contribution in [2.45, 2.75) is 0 Å². The summed E-state index contributed by atoms with van der Waals surface area (Å²) < 4.78 is 25.8.